The van der Waals surface area contributed by atoms with Gasteiger partial charge in [0.1, 0.15) is 6.04 Å². The van der Waals surface area contributed by atoms with Gasteiger partial charge in [-0.25, -0.2) is 4.79 Å². The number of unbranched alkanes of at least 4 members (excludes halogenated alkanes) is 1. The number of carboxylic acid groups (broad SMARTS) is 1. The summed E-state index contributed by atoms with van der Waals surface area (Å²) in [5.74, 6) is -1.39. The van der Waals surface area contributed by atoms with Crippen LogP contribution in [0.5, 0.6) is 0 Å². The van der Waals surface area contributed by atoms with Crippen LogP contribution in [-0.2, 0) is 9.59 Å². The molecule has 0 fully saturated rings. The molecule has 0 aromatic carbocycles. The maximum Gasteiger partial charge on any atom is 0.326 e. The third-order valence-corrected chi connectivity index (χ3v) is 1.84. The number of hydrogen-bond acceptors (Lipinski definition) is 2. The SMILES string of the molecule is C=C(C)C(=O)N[C@@H](CCCC)C(=O)O. The molecule has 0 rings (SSSR count). The van der Waals surface area contributed by atoms with Crippen LogP contribution in [0.3, 0.4) is 0 Å². The fourth-order valence-corrected chi connectivity index (χ4v) is 0.947. The summed E-state index contributed by atoms with van der Waals surface area (Å²) in [4.78, 5) is 21.9. The number of carbonyl (C=O) groups is 2. The van der Waals surface area contributed by atoms with Crippen molar-refractivity contribution in [3.05, 3.63) is 12.2 Å². The highest BCUT2D eigenvalue weighted by molar-refractivity contribution is 5.94. The molecule has 0 aromatic rings. The molecule has 0 saturated heterocycles. The summed E-state index contributed by atoms with van der Waals surface area (Å²) < 4.78 is 0. The summed E-state index contributed by atoms with van der Waals surface area (Å²) in [7, 11) is 0. The van der Waals surface area contributed by atoms with E-state index in [0.29, 0.717) is 12.0 Å². The summed E-state index contributed by atoms with van der Waals surface area (Å²) in [6, 6.07) is -0.792. The molecular formula is C10H17NO3. The maximum atomic E-state index is 11.1. The third kappa shape index (κ3) is 4.64. The lowest BCUT2D eigenvalue weighted by atomic mass is 10.1. The molecule has 0 unspecified atom stereocenters. The van der Waals surface area contributed by atoms with Crippen molar-refractivity contribution in [3.63, 3.8) is 0 Å². The first-order chi connectivity index (χ1) is 6.49. The van der Waals surface area contributed by atoms with Gasteiger partial charge >= 0.3 is 5.97 Å². The number of amides is 1. The van der Waals surface area contributed by atoms with Crippen molar-refractivity contribution in [2.45, 2.75) is 39.2 Å². The van der Waals surface area contributed by atoms with Gasteiger partial charge in [0.15, 0.2) is 0 Å². The second kappa shape index (κ2) is 6.18. The van der Waals surface area contributed by atoms with Gasteiger partial charge in [-0.2, -0.15) is 0 Å². The normalized spacial score (nSPS) is 11.9. The van der Waals surface area contributed by atoms with Crippen LogP contribution < -0.4 is 5.32 Å². The number of nitrogens with one attached hydrogen (secondary N) is 1. The van der Waals surface area contributed by atoms with Crippen LogP contribution in [0.2, 0.25) is 0 Å². The number of rotatable bonds is 6. The van der Waals surface area contributed by atoms with Crippen LogP contribution in [0, 0.1) is 0 Å². The van der Waals surface area contributed by atoms with Crippen molar-refractivity contribution in [1.29, 1.82) is 0 Å². The average molecular weight is 199 g/mol. The molecule has 0 aliphatic heterocycles. The minimum Gasteiger partial charge on any atom is -0.480 e. The molecule has 4 heteroatoms. The third-order valence-electron chi connectivity index (χ3n) is 1.84. The number of carbonyl (C=O) groups excluding carboxylic acids is 1. The van der Waals surface area contributed by atoms with Gasteiger partial charge in [-0.1, -0.05) is 26.3 Å². The molecule has 1 amide bonds. The lowest BCUT2D eigenvalue weighted by Gasteiger charge is -2.13. The van der Waals surface area contributed by atoms with Crippen LogP contribution in [0.25, 0.3) is 0 Å². The highest BCUT2D eigenvalue weighted by atomic mass is 16.4. The second-order valence-electron chi connectivity index (χ2n) is 3.29. The highest BCUT2D eigenvalue weighted by Gasteiger charge is 2.18. The summed E-state index contributed by atoms with van der Waals surface area (Å²) in [5, 5.41) is 11.2. The zero-order valence-corrected chi connectivity index (χ0v) is 8.67. The van der Waals surface area contributed by atoms with E-state index in [2.05, 4.69) is 11.9 Å². The maximum absolute atomic E-state index is 11.1. The van der Waals surface area contributed by atoms with Gasteiger partial charge in [-0.3, -0.25) is 4.79 Å². The van der Waals surface area contributed by atoms with E-state index in [4.69, 9.17) is 5.11 Å². The quantitative estimate of drug-likeness (QED) is 0.634. The van der Waals surface area contributed by atoms with E-state index >= 15 is 0 Å². The smallest absolute Gasteiger partial charge is 0.326 e. The van der Waals surface area contributed by atoms with Crippen molar-refractivity contribution in [2.24, 2.45) is 0 Å². The Balaban J connectivity index is 4.16. The molecule has 0 radical (unpaired) electrons. The Kier molecular flexibility index (Phi) is 5.60. The van der Waals surface area contributed by atoms with E-state index in [1.807, 2.05) is 6.92 Å². The van der Waals surface area contributed by atoms with Crippen molar-refractivity contribution >= 4 is 11.9 Å². The Labute approximate surface area is 84.0 Å². The van der Waals surface area contributed by atoms with E-state index in [0.717, 1.165) is 12.8 Å². The average Bonchev–Trinajstić information content (AvgIpc) is 2.10. The summed E-state index contributed by atoms with van der Waals surface area (Å²) in [5.41, 5.74) is 0.327. The first-order valence-electron chi connectivity index (χ1n) is 4.68. The monoisotopic (exact) mass is 199 g/mol. The number of aliphatic carboxylic acids is 1. The molecule has 14 heavy (non-hydrogen) atoms. The van der Waals surface area contributed by atoms with Crippen LogP contribution in [-0.4, -0.2) is 23.0 Å². The number of hydrogen-bond donors (Lipinski definition) is 2. The Hall–Kier alpha value is -1.32. The summed E-state index contributed by atoms with van der Waals surface area (Å²) in [6.07, 6.45) is 2.16. The van der Waals surface area contributed by atoms with Gasteiger partial charge in [0, 0.05) is 5.57 Å². The molecule has 0 aliphatic carbocycles. The van der Waals surface area contributed by atoms with Gasteiger partial charge in [-0.05, 0) is 13.3 Å². The first kappa shape index (κ1) is 12.7. The largest absolute Gasteiger partial charge is 0.480 e. The van der Waals surface area contributed by atoms with Crippen molar-refractivity contribution < 1.29 is 14.7 Å². The minimum atomic E-state index is -0.993. The zero-order chi connectivity index (χ0) is 11.1. The number of carboxylic acids is 1. The van der Waals surface area contributed by atoms with Gasteiger partial charge in [0.25, 0.3) is 0 Å². The molecule has 0 aliphatic rings. The van der Waals surface area contributed by atoms with Crippen molar-refractivity contribution in [1.82, 2.24) is 5.32 Å². The van der Waals surface area contributed by atoms with Crippen LogP contribution >= 0.6 is 0 Å². The molecule has 0 aromatic heterocycles. The first-order valence-corrected chi connectivity index (χ1v) is 4.68. The fraction of sp³-hybridized carbons (Fsp3) is 0.600. The lowest BCUT2D eigenvalue weighted by molar-refractivity contribution is -0.141. The fourth-order valence-electron chi connectivity index (χ4n) is 0.947. The molecule has 4 nitrogen and oxygen atoms in total. The van der Waals surface area contributed by atoms with Gasteiger partial charge < -0.3 is 10.4 Å². The van der Waals surface area contributed by atoms with Crippen LogP contribution in [0.4, 0.5) is 0 Å². The summed E-state index contributed by atoms with van der Waals surface area (Å²) in [6.45, 7) is 6.96. The summed E-state index contributed by atoms with van der Waals surface area (Å²) >= 11 is 0. The second-order valence-corrected chi connectivity index (χ2v) is 3.29. The molecule has 0 saturated carbocycles. The Morgan fingerprint density at radius 1 is 1.50 bits per heavy atom. The van der Waals surface area contributed by atoms with Crippen LogP contribution in [0.15, 0.2) is 12.2 Å². The van der Waals surface area contributed by atoms with Crippen molar-refractivity contribution in [2.75, 3.05) is 0 Å². The van der Waals surface area contributed by atoms with Gasteiger partial charge in [-0.15, -0.1) is 0 Å². The van der Waals surface area contributed by atoms with Crippen LogP contribution in [0.1, 0.15) is 33.1 Å². The Bertz CT molecular complexity index is 236. The molecule has 0 spiro atoms. The molecular weight excluding hydrogens is 182 g/mol. The standard InChI is InChI=1S/C10H17NO3/c1-4-5-6-8(10(13)14)11-9(12)7(2)3/h8H,2,4-6H2,1,3H3,(H,11,12)(H,13,14)/t8-/m0/s1. The molecule has 80 valence electrons. The molecule has 0 bridgehead atoms. The van der Waals surface area contributed by atoms with Gasteiger partial charge in [0.05, 0.1) is 0 Å². The highest BCUT2D eigenvalue weighted by Crippen LogP contribution is 2.01. The minimum absolute atomic E-state index is 0.327. The zero-order valence-electron chi connectivity index (χ0n) is 8.67. The lowest BCUT2D eigenvalue weighted by Crippen LogP contribution is -2.40. The predicted molar refractivity (Wildman–Crippen MR) is 53.9 cm³/mol. The van der Waals surface area contributed by atoms with E-state index in [9.17, 15) is 9.59 Å². The molecule has 2 N–H and O–H groups in total. The Morgan fingerprint density at radius 3 is 2.43 bits per heavy atom. The topological polar surface area (TPSA) is 66.4 Å². The van der Waals surface area contributed by atoms with E-state index in [1.165, 1.54) is 0 Å². The van der Waals surface area contributed by atoms with Crippen molar-refractivity contribution in [3.8, 4) is 0 Å². The van der Waals surface area contributed by atoms with E-state index < -0.39 is 17.9 Å². The molecule has 0 heterocycles. The van der Waals surface area contributed by atoms with E-state index in [-0.39, 0.29) is 0 Å². The van der Waals surface area contributed by atoms with E-state index in [1.54, 1.807) is 6.92 Å². The predicted octanol–water partition coefficient (Wildman–Crippen LogP) is 1.32. The Morgan fingerprint density at radius 2 is 2.07 bits per heavy atom. The molecule has 1 atom stereocenters. The van der Waals surface area contributed by atoms with Gasteiger partial charge in [0.2, 0.25) is 5.91 Å².